The van der Waals surface area contributed by atoms with Crippen LogP contribution in [-0.4, -0.2) is 0 Å². The lowest BCUT2D eigenvalue weighted by Crippen LogP contribution is -2.32. The Morgan fingerprint density at radius 2 is 1.35 bits per heavy atom. The van der Waals surface area contributed by atoms with E-state index < -0.39 is 0 Å². The first-order valence-electron chi connectivity index (χ1n) is 9.20. The number of rotatable bonds is 1. The minimum absolute atomic E-state index is 1.28. The lowest BCUT2D eigenvalue weighted by molar-refractivity contribution is -0.633. The molecule has 1 aromatic heterocycles. The van der Waals surface area contributed by atoms with Gasteiger partial charge in [-0.15, -0.1) is 0 Å². The number of nitrogens with zero attached hydrogens (tertiary/aromatic N) is 1. The Labute approximate surface area is 154 Å². The van der Waals surface area contributed by atoms with Gasteiger partial charge in [0.2, 0.25) is 11.2 Å². The highest BCUT2D eigenvalue weighted by Gasteiger charge is 2.28. The van der Waals surface area contributed by atoms with Crippen molar-refractivity contribution in [3.05, 3.63) is 77.4 Å². The van der Waals surface area contributed by atoms with Crippen LogP contribution in [0.3, 0.4) is 0 Å². The molecule has 1 nitrogen and oxygen atoms in total. The number of benzene rings is 3. The molecule has 4 aromatic rings. The van der Waals surface area contributed by atoms with E-state index in [0.29, 0.717) is 0 Å². The average molecular weight is 336 g/mol. The minimum Gasteiger partial charge on any atom is -0.194 e. The number of aryl methyl sites for hydroxylation is 3. The van der Waals surface area contributed by atoms with E-state index in [1.807, 2.05) is 0 Å². The molecule has 0 aliphatic heterocycles. The quantitative estimate of drug-likeness (QED) is 0.335. The van der Waals surface area contributed by atoms with Crippen LogP contribution < -0.4 is 4.57 Å². The van der Waals surface area contributed by atoms with Gasteiger partial charge in [-0.25, -0.2) is 0 Å². The highest BCUT2D eigenvalue weighted by molar-refractivity contribution is 6.13. The first-order valence-corrected chi connectivity index (χ1v) is 9.20. The van der Waals surface area contributed by atoms with Crippen LogP contribution in [0.1, 0.15) is 16.7 Å². The Morgan fingerprint density at radius 3 is 2.12 bits per heavy atom. The molecule has 0 unspecified atom stereocenters. The molecule has 0 spiro atoms. The van der Waals surface area contributed by atoms with E-state index in [4.69, 9.17) is 0 Å². The van der Waals surface area contributed by atoms with Crippen LogP contribution in [0.5, 0.6) is 0 Å². The van der Waals surface area contributed by atoms with Gasteiger partial charge in [0.15, 0.2) is 0 Å². The number of fused-ring (bicyclic) bond motifs is 3. The van der Waals surface area contributed by atoms with Crippen molar-refractivity contribution in [1.29, 1.82) is 0 Å². The van der Waals surface area contributed by atoms with Crippen LogP contribution >= 0.6 is 0 Å². The summed E-state index contributed by atoms with van der Waals surface area (Å²) < 4.78 is 2.36. The van der Waals surface area contributed by atoms with E-state index in [-0.39, 0.29) is 0 Å². The highest BCUT2D eigenvalue weighted by Crippen LogP contribution is 2.47. The topological polar surface area (TPSA) is 3.88 Å². The van der Waals surface area contributed by atoms with Crippen molar-refractivity contribution < 1.29 is 4.57 Å². The molecule has 26 heavy (non-hydrogen) atoms. The third kappa shape index (κ3) is 1.94. The maximum atomic E-state index is 2.39. The predicted molar refractivity (Wildman–Crippen MR) is 109 cm³/mol. The second-order valence-electron chi connectivity index (χ2n) is 7.50. The molecule has 0 radical (unpaired) electrons. The minimum atomic E-state index is 1.28. The van der Waals surface area contributed by atoms with Crippen molar-refractivity contribution in [3.63, 3.8) is 0 Å². The monoisotopic (exact) mass is 336 g/mol. The Bertz CT molecular complexity index is 1210. The van der Waals surface area contributed by atoms with Gasteiger partial charge < -0.3 is 0 Å². The summed E-state index contributed by atoms with van der Waals surface area (Å²) in [6.45, 7) is 6.63. The Kier molecular flexibility index (Phi) is 3.12. The smallest absolute Gasteiger partial charge is 0.194 e. The predicted octanol–water partition coefficient (Wildman–Crippen LogP) is 5.90. The largest absolute Gasteiger partial charge is 0.214 e. The second-order valence-corrected chi connectivity index (χ2v) is 7.50. The van der Waals surface area contributed by atoms with Crippen LogP contribution in [0.15, 0.2) is 60.7 Å². The second kappa shape index (κ2) is 5.28. The molecule has 0 amide bonds. The highest BCUT2D eigenvalue weighted by atomic mass is 14.9. The first kappa shape index (κ1) is 15.3. The maximum Gasteiger partial charge on any atom is 0.214 e. The van der Waals surface area contributed by atoms with Gasteiger partial charge >= 0.3 is 0 Å². The molecule has 1 aliphatic carbocycles. The van der Waals surface area contributed by atoms with E-state index in [1.54, 1.807) is 0 Å². The van der Waals surface area contributed by atoms with Gasteiger partial charge in [0, 0.05) is 23.3 Å². The standard InChI is InChI=1S/C25H22N/c1-15-12-16(2)17(3)21(13-15)24-14-22-19-9-6-5-8-18(19)20-10-7-11-23(25(20)22)26(24)4/h5-14H,1-4H3/q+1. The number of aromatic nitrogens is 1. The van der Waals surface area contributed by atoms with E-state index >= 15 is 0 Å². The number of hydrogen-bond acceptors (Lipinski definition) is 0. The van der Waals surface area contributed by atoms with Crippen LogP contribution in [-0.2, 0) is 7.05 Å². The molecular weight excluding hydrogens is 314 g/mol. The fourth-order valence-corrected chi connectivity index (χ4v) is 4.49. The van der Waals surface area contributed by atoms with Crippen LogP contribution in [0.25, 0.3) is 44.4 Å². The third-order valence-electron chi connectivity index (χ3n) is 5.91. The molecule has 1 aliphatic rings. The molecule has 5 rings (SSSR count). The lowest BCUT2D eigenvalue weighted by atomic mass is 9.95. The van der Waals surface area contributed by atoms with Crippen molar-refractivity contribution in [2.75, 3.05) is 0 Å². The van der Waals surface area contributed by atoms with Crippen LogP contribution in [0, 0.1) is 20.8 Å². The molecule has 0 bridgehead atoms. The molecule has 0 saturated heterocycles. The lowest BCUT2D eigenvalue weighted by Gasteiger charge is -2.11. The fourth-order valence-electron chi connectivity index (χ4n) is 4.49. The van der Waals surface area contributed by atoms with E-state index in [1.165, 1.54) is 61.1 Å². The molecule has 0 N–H and O–H groups in total. The summed E-state index contributed by atoms with van der Waals surface area (Å²) in [5.41, 5.74) is 13.4. The van der Waals surface area contributed by atoms with Crippen LogP contribution in [0.4, 0.5) is 0 Å². The zero-order valence-corrected chi connectivity index (χ0v) is 15.7. The Morgan fingerprint density at radius 1 is 0.654 bits per heavy atom. The summed E-state index contributed by atoms with van der Waals surface area (Å²) in [6.07, 6.45) is 0. The van der Waals surface area contributed by atoms with Gasteiger partial charge in [0.1, 0.15) is 7.05 Å². The first-order chi connectivity index (χ1) is 12.6. The van der Waals surface area contributed by atoms with Crippen molar-refractivity contribution in [3.8, 4) is 33.5 Å². The number of pyridine rings is 1. The maximum absolute atomic E-state index is 2.39. The molecule has 3 aromatic carbocycles. The van der Waals surface area contributed by atoms with E-state index in [0.717, 1.165) is 0 Å². The zero-order chi connectivity index (χ0) is 18.0. The fraction of sp³-hybridized carbons (Fsp3) is 0.160. The molecule has 126 valence electrons. The number of hydrogen-bond donors (Lipinski definition) is 0. The van der Waals surface area contributed by atoms with E-state index in [2.05, 4.69) is 93.0 Å². The molecule has 1 heteroatoms. The van der Waals surface area contributed by atoms with Gasteiger partial charge in [-0.1, -0.05) is 48.0 Å². The van der Waals surface area contributed by atoms with Crippen molar-refractivity contribution in [1.82, 2.24) is 0 Å². The van der Waals surface area contributed by atoms with Crippen molar-refractivity contribution in [2.45, 2.75) is 20.8 Å². The van der Waals surface area contributed by atoms with Gasteiger partial charge in [-0.2, -0.15) is 4.57 Å². The molecule has 1 heterocycles. The molecule has 0 saturated carbocycles. The SMILES string of the molecule is Cc1cc(C)c(C)c(-c2cc3c4c(cccc4[n+]2C)-c2ccccc2-3)c1. The van der Waals surface area contributed by atoms with Crippen LogP contribution in [0.2, 0.25) is 0 Å². The molecular formula is C25H22N+. The molecule has 0 fully saturated rings. The summed E-state index contributed by atoms with van der Waals surface area (Å²) >= 11 is 0. The summed E-state index contributed by atoms with van der Waals surface area (Å²) in [5.74, 6) is 0. The van der Waals surface area contributed by atoms with Crippen molar-refractivity contribution in [2.24, 2.45) is 7.05 Å². The van der Waals surface area contributed by atoms with Crippen molar-refractivity contribution >= 4 is 10.9 Å². The van der Waals surface area contributed by atoms with Gasteiger partial charge in [-0.05, 0) is 54.7 Å². The summed E-state index contributed by atoms with van der Waals surface area (Å²) in [6, 6.07) is 22.4. The normalized spacial score (nSPS) is 11.8. The summed E-state index contributed by atoms with van der Waals surface area (Å²) in [7, 11) is 2.19. The zero-order valence-electron chi connectivity index (χ0n) is 15.7. The van der Waals surface area contributed by atoms with E-state index in [9.17, 15) is 0 Å². The summed E-state index contributed by atoms with van der Waals surface area (Å²) in [5, 5.41) is 1.38. The average Bonchev–Trinajstić information content (AvgIpc) is 2.96. The van der Waals surface area contributed by atoms with Gasteiger partial charge in [-0.3, -0.25) is 0 Å². The van der Waals surface area contributed by atoms with Gasteiger partial charge in [0.05, 0.1) is 5.39 Å². The Hall–Kier alpha value is -2.93. The summed E-state index contributed by atoms with van der Waals surface area (Å²) in [4.78, 5) is 0. The Balaban J connectivity index is 1.93. The van der Waals surface area contributed by atoms with Gasteiger partial charge in [0.25, 0.3) is 0 Å². The molecule has 0 atom stereocenters. The third-order valence-corrected chi connectivity index (χ3v) is 5.91.